The standard InChI is InChI=1S/C23H19F6N3O5S/c1-37-11-18(33)32-10-13-9-16(38(2,35)36)7-8-17(13)19(32)20(34)31-15-5-3-14(4-6-15)21(12-30,22(24,25)26)23(27,28)29/h3-9,19H,10-11H2,1-2H3,(H,31,34). The molecule has 0 saturated carbocycles. The number of benzene rings is 2. The molecule has 15 heteroatoms. The van der Waals surface area contributed by atoms with Gasteiger partial charge in [-0.1, -0.05) is 18.2 Å². The SMILES string of the molecule is COCC(=O)N1Cc2cc(S(C)(=O)=O)ccc2C1C(=O)Nc1ccc(C(C#N)(C(F)(F)F)C(F)(F)F)cc1. The highest BCUT2D eigenvalue weighted by atomic mass is 32.2. The molecule has 2 aromatic carbocycles. The van der Waals surface area contributed by atoms with Gasteiger partial charge in [-0.05, 0) is 41.0 Å². The van der Waals surface area contributed by atoms with E-state index in [4.69, 9.17) is 10.00 Å². The monoisotopic (exact) mass is 563 g/mol. The fraction of sp³-hybridized carbons (Fsp3) is 0.348. The number of hydrogen-bond acceptors (Lipinski definition) is 6. The first-order valence-electron chi connectivity index (χ1n) is 10.6. The number of ether oxygens (including phenoxy) is 1. The number of anilines is 1. The Morgan fingerprint density at radius 3 is 2.13 bits per heavy atom. The third-order valence-corrected chi connectivity index (χ3v) is 7.04. The molecule has 1 atom stereocenters. The first-order chi connectivity index (χ1) is 17.5. The summed E-state index contributed by atoms with van der Waals surface area (Å²) >= 11 is 0. The van der Waals surface area contributed by atoms with E-state index in [2.05, 4.69) is 5.32 Å². The number of carbonyl (C=O) groups is 2. The second-order valence-corrected chi connectivity index (χ2v) is 10.4. The van der Waals surface area contributed by atoms with Crippen molar-refractivity contribution in [3.05, 3.63) is 59.2 Å². The summed E-state index contributed by atoms with van der Waals surface area (Å²) in [6.45, 7) is -0.573. The number of amides is 2. The highest BCUT2D eigenvalue weighted by molar-refractivity contribution is 7.90. The molecule has 2 aromatic rings. The lowest BCUT2D eigenvalue weighted by Gasteiger charge is -2.31. The molecule has 1 aliphatic rings. The average Bonchev–Trinajstić information content (AvgIpc) is 3.18. The Labute approximate surface area is 212 Å². The molecule has 1 heterocycles. The number of fused-ring (bicyclic) bond motifs is 1. The van der Waals surface area contributed by atoms with Crippen LogP contribution < -0.4 is 5.32 Å². The summed E-state index contributed by atoms with van der Waals surface area (Å²) in [6.07, 6.45) is -11.0. The van der Waals surface area contributed by atoms with Crippen LogP contribution in [-0.4, -0.2) is 57.5 Å². The second-order valence-electron chi connectivity index (χ2n) is 8.41. The molecule has 0 aromatic heterocycles. The van der Waals surface area contributed by atoms with Gasteiger partial charge in [0.25, 0.3) is 11.3 Å². The fourth-order valence-corrected chi connectivity index (χ4v) is 4.75. The number of nitrogens with one attached hydrogen (secondary N) is 1. The van der Waals surface area contributed by atoms with Gasteiger partial charge in [0.1, 0.15) is 12.6 Å². The lowest BCUT2D eigenvalue weighted by atomic mass is 9.80. The van der Waals surface area contributed by atoms with Crippen LogP contribution in [0.3, 0.4) is 0 Å². The Kier molecular flexibility index (Phi) is 7.55. The van der Waals surface area contributed by atoms with Crippen molar-refractivity contribution in [3.8, 4) is 6.07 Å². The van der Waals surface area contributed by atoms with E-state index in [1.165, 1.54) is 25.3 Å². The van der Waals surface area contributed by atoms with E-state index in [0.29, 0.717) is 23.8 Å². The van der Waals surface area contributed by atoms with Gasteiger partial charge in [0, 0.05) is 25.6 Å². The van der Waals surface area contributed by atoms with Crippen molar-refractivity contribution in [2.75, 3.05) is 25.3 Å². The van der Waals surface area contributed by atoms with E-state index in [0.717, 1.165) is 23.3 Å². The van der Waals surface area contributed by atoms with E-state index in [1.54, 1.807) is 0 Å². The average molecular weight is 563 g/mol. The number of nitriles is 1. The topological polar surface area (TPSA) is 117 Å². The van der Waals surface area contributed by atoms with Gasteiger partial charge in [-0.3, -0.25) is 9.59 Å². The zero-order valence-corrected chi connectivity index (χ0v) is 20.5. The second kappa shape index (κ2) is 9.91. The predicted octanol–water partition coefficient (Wildman–Crippen LogP) is 3.64. The van der Waals surface area contributed by atoms with E-state index in [1.807, 2.05) is 0 Å². The maximum Gasteiger partial charge on any atom is 0.420 e. The summed E-state index contributed by atoms with van der Waals surface area (Å²) < 4.78 is 109. The van der Waals surface area contributed by atoms with Crippen molar-refractivity contribution in [3.63, 3.8) is 0 Å². The van der Waals surface area contributed by atoms with Crippen LogP contribution >= 0.6 is 0 Å². The van der Waals surface area contributed by atoms with E-state index < -0.39 is 57.6 Å². The molecule has 8 nitrogen and oxygen atoms in total. The molecule has 2 amide bonds. The van der Waals surface area contributed by atoms with Crippen molar-refractivity contribution in [2.24, 2.45) is 0 Å². The first-order valence-corrected chi connectivity index (χ1v) is 12.4. The summed E-state index contributed by atoms with van der Waals surface area (Å²) in [7, 11) is -2.37. The summed E-state index contributed by atoms with van der Waals surface area (Å²) in [6, 6.07) is 5.30. The van der Waals surface area contributed by atoms with Crippen LogP contribution in [0.1, 0.15) is 22.7 Å². The molecule has 0 bridgehead atoms. The molecule has 0 fully saturated rings. The molecule has 3 rings (SSSR count). The van der Waals surface area contributed by atoms with Crippen LogP contribution in [0, 0.1) is 11.3 Å². The predicted molar refractivity (Wildman–Crippen MR) is 119 cm³/mol. The number of hydrogen-bond donors (Lipinski definition) is 1. The van der Waals surface area contributed by atoms with Crippen LogP contribution in [0.5, 0.6) is 0 Å². The number of carbonyl (C=O) groups excluding carboxylic acids is 2. The summed E-state index contributed by atoms with van der Waals surface area (Å²) in [5.74, 6) is -1.50. The van der Waals surface area contributed by atoms with E-state index in [-0.39, 0.29) is 22.7 Å². The molecule has 0 saturated heterocycles. The van der Waals surface area contributed by atoms with E-state index in [9.17, 15) is 44.3 Å². The number of sulfone groups is 1. The quantitative estimate of drug-likeness (QED) is 0.537. The third kappa shape index (κ3) is 5.05. The Balaban J connectivity index is 1.97. The Bertz CT molecular complexity index is 1380. The lowest BCUT2D eigenvalue weighted by molar-refractivity contribution is -0.283. The summed E-state index contributed by atoms with van der Waals surface area (Å²) in [5.41, 5.74) is -5.77. The maximum atomic E-state index is 13.4. The zero-order chi connectivity index (χ0) is 28.7. The summed E-state index contributed by atoms with van der Waals surface area (Å²) in [4.78, 5) is 26.8. The molecule has 1 unspecified atom stereocenters. The van der Waals surface area contributed by atoms with Crippen molar-refractivity contribution in [1.82, 2.24) is 4.90 Å². The Morgan fingerprint density at radius 1 is 1.08 bits per heavy atom. The van der Waals surface area contributed by atoms with Crippen LogP contribution in [0.2, 0.25) is 0 Å². The highest BCUT2D eigenvalue weighted by Crippen LogP contribution is 2.51. The van der Waals surface area contributed by atoms with Crippen LogP contribution in [0.4, 0.5) is 32.0 Å². The van der Waals surface area contributed by atoms with Crippen molar-refractivity contribution < 1.29 is 49.1 Å². The molecule has 204 valence electrons. The first kappa shape index (κ1) is 28.9. The normalized spacial score (nSPS) is 16.1. The van der Waals surface area contributed by atoms with Crippen molar-refractivity contribution >= 4 is 27.3 Å². The number of halogens is 6. The Morgan fingerprint density at radius 2 is 1.66 bits per heavy atom. The molecule has 0 aliphatic carbocycles. The van der Waals surface area contributed by atoms with Gasteiger partial charge in [0.2, 0.25) is 5.91 Å². The van der Waals surface area contributed by atoms with E-state index >= 15 is 0 Å². The molecule has 38 heavy (non-hydrogen) atoms. The van der Waals surface area contributed by atoms with Gasteiger partial charge in [-0.15, -0.1) is 0 Å². The fourth-order valence-electron chi connectivity index (χ4n) is 4.07. The number of nitrogens with zero attached hydrogens (tertiary/aromatic N) is 2. The minimum Gasteiger partial charge on any atom is -0.375 e. The smallest absolute Gasteiger partial charge is 0.375 e. The van der Waals surface area contributed by atoms with Gasteiger partial charge >= 0.3 is 12.4 Å². The van der Waals surface area contributed by atoms with Gasteiger partial charge in [0.15, 0.2) is 9.84 Å². The van der Waals surface area contributed by atoms with Crippen LogP contribution in [0.15, 0.2) is 47.4 Å². The minimum atomic E-state index is -5.98. The van der Waals surface area contributed by atoms with Crippen molar-refractivity contribution in [1.29, 1.82) is 5.26 Å². The minimum absolute atomic E-state index is 0.0534. The number of rotatable bonds is 6. The molecule has 1 aliphatic heterocycles. The largest absolute Gasteiger partial charge is 0.420 e. The van der Waals surface area contributed by atoms with Gasteiger partial charge in [-0.25, -0.2) is 8.42 Å². The summed E-state index contributed by atoms with van der Waals surface area (Å²) in [5, 5.41) is 11.2. The number of methoxy groups -OCH3 is 1. The molecular formula is C23H19F6N3O5S. The third-order valence-electron chi connectivity index (χ3n) is 5.93. The van der Waals surface area contributed by atoms with Crippen LogP contribution in [0.25, 0.3) is 0 Å². The zero-order valence-electron chi connectivity index (χ0n) is 19.6. The lowest BCUT2D eigenvalue weighted by Crippen LogP contribution is -2.52. The van der Waals surface area contributed by atoms with Gasteiger partial charge in [-0.2, -0.15) is 31.6 Å². The molecule has 1 N–H and O–H groups in total. The highest BCUT2D eigenvalue weighted by Gasteiger charge is 2.72. The maximum absolute atomic E-state index is 13.4. The Hall–Kier alpha value is -3.64. The van der Waals surface area contributed by atoms with Gasteiger partial charge < -0.3 is 15.0 Å². The number of alkyl halides is 6. The van der Waals surface area contributed by atoms with Crippen molar-refractivity contribution in [2.45, 2.75) is 35.2 Å². The molecule has 0 spiro atoms. The van der Waals surface area contributed by atoms with Gasteiger partial charge in [0.05, 0.1) is 11.0 Å². The van der Waals surface area contributed by atoms with Crippen LogP contribution in [-0.2, 0) is 36.1 Å². The molecular weight excluding hydrogens is 544 g/mol. The molecule has 0 radical (unpaired) electrons.